The van der Waals surface area contributed by atoms with E-state index in [1.807, 2.05) is 72.7 Å². The number of pyridine rings is 1. The highest BCUT2D eigenvalue weighted by Gasteiger charge is 2.25. The van der Waals surface area contributed by atoms with Crippen LogP contribution in [0, 0.1) is 6.92 Å². The third-order valence-electron chi connectivity index (χ3n) is 7.38. The third-order valence-corrected chi connectivity index (χ3v) is 7.38. The summed E-state index contributed by atoms with van der Waals surface area (Å²) in [6.45, 7) is 8.44. The first kappa shape index (κ1) is 25.9. The maximum absolute atomic E-state index is 10.8. The molecule has 0 bridgehead atoms. The van der Waals surface area contributed by atoms with Crippen LogP contribution in [0.25, 0.3) is 38.9 Å². The molecule has 6 rings (SSSR count). The highest BCUT2D eigenvalue weighted by molar-refractivity contribution is 5.94. The van der Waals surface area contributed by atoms with E-state index in [0.717, 1.165) is 50.1 Å². The number of aryl methyl sites for hydroxylation is 1. The first-order valence-electron chi connectivity index (χ1n) is 13.5. The van der Waals surface area contributed by atoms with Crippen LogP contribution >= 0.6 is 0 Å². The van der Waals surface area contributed by atoms with Gasteiger partial charge in [0.25, 0.3) is 0 Å². The van der Waals surface area contributed by atoms with Gasteiger partial charge in [-0.3, -0.25) is 9.36 Å². The van der Waals surface area contributed by atoms with E-state index in [-0.39, 0.29) is 5.92 Å². The van der Waals surface area contributed by atoms with Crippen LogP contribution in [0.4, 0.5) is 0 Å². The Kier molecular flexibility index (Phi) is 6.48. The van der Waals surface area contributed by atoms with Gasteiger partial charge >= 0.3 is 0 Å². The van der Waals surface area contributed by atoms with Gasteiger partial charge in [-0.15, -0.1) is 0 Å². The second-order valence-corrected chi connectivity index (χ2v) is 10.7. The average molecular weight is 536 g/mol. The van der Waals surface area contributed by atoms with Gasteiger partial charge in [-0.2, -0.15) is 15.3 Å². The summed E-state index contributed by atoms with van der Waals surface area (Å²) in [7, 11) is 1.86. The van der Waals surface area contributed by atoms with Crippen LogP contribution < -0.4 is 0 Å². The fourth-order valence-corrected chi connectivity index (χ4v) is 5.54. The van der Waals surface area contributed by atoms with Crippen LogP contribution in [0.5, 0.6) is 0 Å². The number of benzene rings is 2. The maximum Gasteiger partial charge on any atom is 0.181 e. The highest BCUT2D eigenvalue weighted by atomic mass is 16.3. The van der Waals surface area contributed by atoms with Crippen LogP contribution in [-0.4, -0.2) is 44.5 Å². The molecule has 1 unspecified atom stereocenters. The van der Waals surface area contributed by atoms with Crippen LogP contribution in [0.2, 0.25) is 0 Å². The molecule has 0 saturated carbocycles. The van der Waals surface area contributed by atoms with E-state index >= 15 is 0 Å². The molecule has 0 fully saturated rings. The summed E-state index contributed by atoms with van der Waals surface area (Å²) >= 11 is 0. The lowest BCUT2D eigenvalue weighted by Gasteiger charge is -2.13. The number of hydrogen-bond acceptors (Lipinski definition) is 6. The molecule has 0 aliphatic carbocycles. The predicted octanol–water partition coefficient (Wildman–Crippen LogP) is 5.39. The number of aliphatic hydroxyl groups excluding tert-OH is 2. The Labute approximate surface area is 232 Å². The second-order valence-electron chi connectivity index (χ2n) is 10.7. The van der Waals surface area contributed by atoms with Crippen molar-refractivity contribution in [2.75, 3.05) is 0 Å². The molecule has 6 aromatic rings. The van der Waals surface area contributed by atoms with Crippen molar-refractivity contribution < 1.29 is 10.2 Å². The van der Waals surface area contributed by atoms with E-state index in [1.165, 1.54) is 0 Å². The first-order chi connectivity index (χ1) is 19.2. The lowest BCUT2D eigenvalue weighted by Crippen LogP contribution is -2.08. The number of fused-ring (bicyclic) bond motifs is 2. The van der Waals surface area contributed by atoms with Crippen molar-refractivity contribution in [1.29, 1.82) is 0 Å². The van der Waals surface area contributed by atoms with Gasteiger partial charge in [0.05, 0.1) is 41.3 Å². The van der Waals surface area contributed by atoms with E-state index in [4.69, 9.17) is 15.2 Å². The molecular formula is C31H33N7O2. The molecule has 204 valence electrons. The summed E-state index contributed by atoms with van der Waals surface area (Å²) in [6.07, 6.45) is 2.44. The van der Waals surface area contributed by atoms with E-state index in [0.29, 0.717) is 17.9 Å². The lowest BCUT2D eigenvalue weighted by molar-refractivity contribution is 0.152. The van der Waals surface area contributed by atoms with Crippen molar-refractivity contribution in [3.05, 3.63) is 89.5 Å². The minimum atomic E-state index is -0.798. The molecule has 2 atom stereocenters. The van der Waals surface area contributed by atoms with Crippen LogP contribution in [0.15, 0.2) is 67.0 Å². The molecule has 40 heavy (non-hydrogen) atoms. The summed E-state index contributed by atoms with van der Waals surface area (Å²) in [6, 6.07) is 17.7. The third kappa shape index (κ3) is 4.47. The standard InChI is InChI=1S/C31H33N7O2/c1-18(2)28-19(3)38(26-14-22-15-36(5)35-31(22)32-29(26)20(4)39)34-30(28)23-12-9-13-25-24(23)16-37(33-25)17-27(40)21-10-7-6-8-11-21/h6-16,18,20,27,39-40H,17H2,1-5H3/t20?,27-/m0/s1. The molecule has 9 heteroatoms. The zero-order valence-corrected chi connectivity index (χ0v) is 23.3. The number of rotatable bonds is 7. The summed E-state index contributed by atoms with van der Waals surface area (Å²) in [5.41, 5.74) is 7.48. The molecule has 0 radical (unpaired) electrons. The summed E-state index contributed by atoms with van der Waals surface area (Å²) < 4.78 is 5.42. The normalized spacial score (nSPS) is 13.5. The largest absolute Gasteiger partial charge is 0.387 e. The van der Waals surface area contributed by atoms with Crippen molar-refractivity contribution in [2.24, 2.45) is 7.05 Å². The van der Waals surface area contributed by atoms with E-state index in [2.05, 4.69) is 31.9 Å². The quantitative estimate of drug-likeness (QED) is 0.284. The fraction of sp³-hybridized carbons (Fsp3) is 0.290. The monoisotopic (exact) mass is 535 g/mol. The van der Waals surface area contributed by atoms with Gasteiger partial charge in [0.1, 0.15) is 0 Å². The molecule has 4 aromatic heterocycles. The Morgan fingerprint density at radius 3 is 2.40 bits per heavy atom. The Morgan fingerprint density at radius 2 is 1.68 bits per heavy atom. The molecule has 9 nitrogen and oxygen atoms in total. The van der Waals surface area contributed by atoms with Gasteiger partial charge in [0, 0.05) is 47.0 Å². The van der Waals surface area contributed by atoms with Crippen LogP contribution in [-0.2, 0) is 13.6 Å². The van der Waals surface area contributed by atoms with Crippen molar-refractivity contribution in [3.63, 3.8) is 0 Å². The van der Waals surface area contributed by atoms with Crippen LogP contribution in [0.1, 0.15) is 61.4 Å². The molecule has 4 heterocycles. The molecule has 0 aliphatic heterocycles. The molecule has 2 aromatic carbocycles. The van der Waals surface area contributed by atoms with Gasteiger partial charge in [-0.25, -0.2) is 9.67 Å². The highest BCUT2D eigenvalue weighted by Crippen LogP contribution is 2.37. The first-order valence-corrected chi connectivity index (χ1v) is 13.5. The zero-order chi connectivity index (χ0) is 28.1. The summed E-state index contributed by atoms with van der Waals surface area (Å²) in [5.74, 6) is 0.194. The van der Waals surface area contributed by atoms with Gasteiger partial charge in [-0.1, -0.05) is 56.3 Å². The van der Waals surface area contributed by atoms with Crippen molar-refractivity contribution in [3.8, 4) is 16.9 Å². The Hall–Kier alpha value is -4.34. The Morgan fingerprint density at radius 1 is 0.900 bits per heavy atom. The SMILES string of the molecule is Cc1c(C(C)C)c(-c2cccc3nn(C[C@H](O)c4ccccc4)cc23)nn1-c1cc2cn(C)nc2nc1C(C)O. The number of aromatic nitrogens is 7. The lowest BCUT2D eigenvalue weighted by atomic mass is 9.95. The van der Waals surface area contributed by atoms with Crippen molar-refractivity contribution in [2.45, 2.75) is 52.4 Å². The van der Waals surface area contributed by atoms with Gasteiger partial charge in [0.2, 0.25) is 0 Å². The molecule has 2 N–H and O–H groups in total. The Bertz CT molecular complexity index is 1830. The molecule has 0 aliphatic rings. The van der Waals surface area contributed by atoms with Gasteiger partial charge in [0.15, 0.2) is 5.65 Å². The molecule has 0 spiro atoms. The van der Waals surface area contributed by atoms with E-state index in [9.17, 15) is 10.2 Å². The van der Waals surface area contributed by atoms with E-state index < -0.39 is 12.2 Å². The van der Waals surface area contributed by atoms with Crippen molar-refractivity contribution in [1.82, 2.24) is 34.3 Å². The molecular weight excluding hydrogens is 502 g/mol. The summed E-state index contributed by atoms with van der Waals surface area (Å²) in [5, 5.41) is 37.6. The zero-order valence-electron chi connectivity index (χ0n) is 23.3. The Balaban J connectivity index is 1.49. The molecule has 0 saturated heterocycles. The minimum absolute atomic E-state index is 0.194. The van der Waals surface area contributed by atoms with E-state index in [1.54, 1.807) is 16.3 Å². The molecule has 0 amide bonds. The van der Waals surface area contributed by atoms with Gasteiger partial charge in [-0.05, 0) is 37.5 Å². The average Bonchev–Trinajstić information content (AvgIpc) is 3.61. The maximum atomic E-state index is 10.8. The predicted molar refractivity (Wildman–Crippen MR) is 155 cm³/mol. The second kappa shape index (κ2) is 10.0. The number of hydrogen-bond donors (Lipinski definition) is 2. The summed E-state index contributed by atoms with van der Waals surface area (Å²) in [4.78, 5) is 4.70. The fourth-order valence-electron chi connectivity index (χ4n) is 5.54. The number of aliphatic hydroxyl groups is 2. The minimum Gasteiger partial charge on any atom is -0.387 e. The van der Waals surface area contributed by atoms with Crippen molar-refractivity contribution >= 4 is 21.9 Å². The number of nitrogens with zero attached hydrogens (tertiary/aromatic N) is 7. The topological polar surface area (TPSA) is 107 Å². The van der Waals surface area contributed by atoms with Gasteiger partial charge < -0.3 is 10.2 Å². The smallest absolute Gasteiger partial charge is 0.181 e. The van der Waals surface area contributed by atoms with Crippen LogP contribution in [0.3, 0.4) is 0 Å².